The fourth-order valence-electron chi connectivity index (χ4n) is 1.70. The van der Waals surface area contributed by atoms with Gasteiger partial charge >= 0.3 is 5.97 Å². The van der Waals surface area contributed by atoms with Crippen molar-refractivity contribution in [2.24, 2.45) is 0 Å². The Morgan fingerprint density at radius 1 is 1.27 bits per heavy atom. The summed E-state index contributed by atoms with van der Waals surface area (Å²) >= 11 is 3.27. The molecule has 0 saturated carbocycles. The van der Waals surface area contributed by atoms with Crippen LogP contribution in [0.3, 0.4) is 0 Å². The van der Waals surface area contributed by atoms with Gasteiger partial charge in [0.25, 0.3) is 0 Å². The molecular weight excluding hydrogens is 320 g/mol. The highest BCUT2D eigenvalue weighted by Gasteiger charge is 2.10. The maximum Gasteiger partial charge on any atom is 0.335 e. The predicted molar refractivity (Wildman–Crippen MR) is 89.6 cm³/mol. The standard InChI is InChI=1S/C14H18N4O2S2/c1-2-7-21-9-12-16-17-14(18(12)15)22-8-10-3-5-11(6-4-10)13(19)20/h3-6H,2,7-9,15H2,1H3,(H,19,20). The molecule has 0 unspecified atom stereocenters. The molecule has 8 heteroatoms. The van der Waals surface area contributed by atoms with Crippen LogP contribution in [0.15, 0.2) is 29.4 Å². The zero-order valence-electron chi connectivity index (χ0n) is 12.2. The monoisotopic (exact) mass is 338 g/mol. The molecule has 0 saturated heterocycles. The Balaban J connectivity index is 1.92. The summed E-state index contributed by atoms with van der Waals surface area (Å²) in [5.41, 5.74) is 1.30. The van der Waals surface area contributed by atoms with Crippen molar-refractivity contribution in [3.8, 4) is 0 Å². The van der Waals surface area contributed by atoms with Gasteiger partial charge in [0.05, 0.1) is 11.3 Å². The lowest BCUT2D eigenvalue weighted by Gasteiger charge is -2.04. The topological polar surface area (TPSA) is 94.0 Å². The van der Waals surface area contributed by atoms with Crippen molar-refractivity contribution in [1.29, 1.82) is 0 Å². The van der Waals surface area contributed by atoms with Gasteiger partial charge in [-0.2, -0.15) is 11.8 Å². The number of benzene rings is 1. The summed E-state index contributed by atoms with van der Waals surface area (Å²) in [6.45, 7) is 2.14. The first-order valence-electron chi connectivity index (χ1n) is 6.84. The molecule has 0 aliphatic carbocycles. The molecule has 3 N–H and O–H groups in total. The van der Waals surface area contributed by atoms with E-state index in [1.165, 1.54) is 16.4 Å². The Kier molecular flexibility index (Phi) is 6.14. The van der Waals surface area contributed by atoms with Gasteiger partial charge in [-0.15, -0.1) is 10.2 Å². The molecule has 1 heterocycles. The molecule has 2 rings (SSSR count). The minimum absolute atomic E-state index is 0.283. The van der Waals surface area contributed by atoms with Crippen molar-refractivity contribution in [2.45, 2.75) is 30.0 Å². The maximum absolute atomic E-state index is 10.8. The Labute approximate surface area is 137 Å². The fraction of sp³-hybridized carbons (Fsp3) is 0.357. The number of nitrogen functional groups attached to an aromatic ring is 1. The zero-order valence-corrected chi connectivity index (χ0v) is 13.9. The number of carboxylic acid groups (broad SMARTS) is 1. The molecule has 0 aliphatic rings. The normalized spacial score (nSPS) is 10.8. The Morgan fingerprint density at radius 3 is 2.64 bits per heavy atom. The number of hydrogen-bond acceptors (Lipinski definition) is 6. The maximum atomic E-state index is 10.8. The third-order valence-corrected chi connectivity index (χ3v) is 5.06. The summed E-state index contributed by atoms with van der Waals surface area (Å²) in [6, 6.07) is 6.79. The zero-order chi connectivity index (χ0) is 15.9. The van der Waals surface area contributed by atoms with Gasteiger partial charge in [0.1, 0.15) is 0 Å². The quantitative estimate of drug-likeness (QED) is 0.434. The van der Waals surface area contributed by atoms with E-state index in [4.69, 9.17) is 10.9 Å². The number of nitrogens with two attached hydrogens (primary N) is 1. The van der Waals surface area contributed by atoms with Gasteiger partial charge in [-0.25, -0.2) is 9.47 Å². The van der Waals surface area contributed by atoms with Crippen molar-refractivity contribution in [1.82, 2.24) is 14.9 Å². The van der Waals surface area contributed by atoms with E-state index in [0.29, 0.717) is 10.9 Å². The van der Waals surface area contributed by atoms with E-state index in [1.807, 2.05) is 0 Å². The largest absolute Gasteiger partial charge is 0.478 e. The van der Waals surface area contributed by atoms with Gasteiger partial charge < -0.3 is 10.9 Å². The molecule has 118 valence electrons. The van der Waals surface area contributed by atoms with Crippen LogP contribution in [-0.4, -0.2) is 31.7 Å². The van der Waals surface area contributed by atoms with Crippen molar-refractivity contribution in [3.05, 3.63) is 41.2 Å². The summed E-state index contributed by atoms with van der Waals surface area (Å²) in [6.07, 6.45) is 1.12. The second kappa shape index (κ2) is 8.09. The number of nitrogens with zero attached hydrogens (tertiary/aromatic N) is 3. The number of rotatable bonds is 8. The minimum Gasteiger partial charge on any atom is -0.478 e. The van der Waals surface area contributed by atoms with E-state index in [0.717, 1.165) is 29.3 Å². The van der Waals surface area contributed by atoms with Crippen LogP contribution in [0.5, 0.6) is 0 Å². The molecule has 0 radical (unpaired) electrons. The molecule has 1 aromatic heterocycles. The minimum atomic E-state index is -0.921. The van der Waals surface area contributed by atoms with Crippen LogP contribution in [0.4, 0.5) is 0 Å². The smallest absolute Gasteiger partial charge is 0.335 e. The first kappa shape index (κ1) is 16.7. The van der Waals surface area contributed by atoms with E-state index in [2.05, 4.69) is 17.1 Å². The van der Waals surface area contributed by atoms with Crippen molar-refractivity contribution < 1.29 is 9.90 Å². The van der Waals surface area contributed by atoms with Gasteiger partial charge in [0.2, 0.25) is 5.16 Å². The molecule has 0 bridgehead atoms. The average Bonchev–Trinajstić information content (AvgIpc) is 2.86. The molecule has 0 fully saturated rings. The summed E-state index contributed by atoms with van der Waals surface area (Å²) in [5.74, 6) is 8.33. The molecule has 0 atom stereocenters. The lowest BCUT2D eigenvalue weighted by atomic mass is 10.1. The fourth-order valence-corrected chi connectivity index (χ4v) is 3.35. The van der Waals surface area contributed by atoms with Crippen molar-refractivity contribution in [2.75, 3.05) is 11.6 Å². The number of hydrogen-bond donors (Lipinski definition) is 2. The van der Waals surface area contributed by atoms with E-state index < -0.39 is 5.97 Å². The van der Waals surface area contributed by atoms with Crippen LogP contribution in [0.1, 0.15) is 35.1 Å². The van der Waals surface area contributed by atoms with Crippen LogP contribution in [-0.2, 0) is 11.5 Å². The lowest BCUT2D eigenvalue weighted by molar-refractivity contribution is 0.0697. The second-order valence-electron chi connectivity index (χ2n) is 4.61. The Hall–Kier alpha value is -1.67. The molecular formula is C14H18N4O2S2. The van der Waals surface area contributed by atoms with Crippen LogP contribution < -0.4 is 5.84 Å². The van der Waals surface area contributed by atoms with E-state index in [-0.39, 0.29) is 5.56 Å². The van der Waals surface area contributed by atoms with Gasteiger partial charge in [-0.1, -0.05) is 30.8 Å². The summed E-state index contributed by atoms with van der Waals surface area (Å²) < 4.78 is 1.53. The highest BCUT2D eigenvalue weighted by Crippen LogP contribution is 2.22. The van der Waals surface area contributed by atoms with Crippen LogP contribution in [0.25, 0.3) is 0 Å². The molecule has 6 nitrogen and oxygen atoms in total. The van der Waals surface area contributed by atoms with Gasteiger partial charge in [0.15, 0.2) is 5.82 Å². The summed E-state index contributed by atoms with van der Waals surface area (Å²) in [7, 11) is 0. The number of thioether (sulfide) groups is 2. The Morgan fingerprint density at radius 2 is 2.00 bits per heavy atom. The number of aromatic carboxylic acids is 1. The highest BCUT2D eigenvalue weighted by molar-refractivity contribution is 7.98. The van der Waals surface area contributed by atoms with Crippen LogP contribution in [0.2, 0.25) is 0 Å². The number of carbonyl (C=O) groups is 1. The molecule has 0 aliphatic heterocycles. The van der Waals surface area contributed by atoms with E-state index in [9.17, 15) is 4.79 Å². The van der Waals surface area contributed by atoms with Gasteiger partial charge in [-0.05, 0) is 29.9 Å². The molecule has 1 aromatic carbocycles. The number of carboxylic acids is 1. The van der Waals surface area contributed by atoms with E-state index in [1.54, 1.807) is 36.0 Å². The average molecular weight is 338 g/mol. The highest BCUT2D eigenvalue weighted by atomic mass is 32.2. The van der Waals surface area contributed by atoms with Gasteiger partial charge in [0, 0.05) is 5.75 Å². The molecule has 0 spiro atoms. The number of aromatic nitrogens is 3. The Bertz CT molecular complexity index is 628. The first-order chi connectivity index (χ1) is 10.6. The molecule has 22 heavy (non-hydrogen) atoms. The third kappa shape index (κ3) is 4.41. The molecule has 0 amide bonds. The van der Waals surface area contributed by atoms with E-state index >= 15 is 0 Å². The van der Waals surface area contributed by atoms with Crippen LogP contribution in [0, 0.1) is 0 Å². The third-order valence-electron chi connectivity index (χ3n) is 2.88. The van der Waals surface area contributed by atoms with Gasteiger partial charge in [-0.3, -0.25) is 0 Å². The second-order valence-corrected chi connectivity index (χ2v) is 6.66. The van der Waals surface area contributed by atoms with Crippen LogP contribution >= 0.6 is 23.5 Å². The SMILES string of the molecule is CCCSCc1nnc(SCc2ccc(C(=O)O)cc2)n1N. The van der Waals surface area contributed by atoms with Crippen molar-refractivity contribution in [3.63, 3.8) is 0 Å². The lowest BCUT2D eigenvalue weighted by Crippen LogP contribution is -2.13. The van der Waals surface area contributed by atoms with Crippen molar-refractivity contribution >= 4 is 29.5 Å². The molecule has 2 aromatic rings. The summed E-state index contributed by atoms with van der Waals surface area (Å²) in [5, 5.41) is 17.7. The summed E-state index contributed by atoms with van der Waals surface area (Å²) in [4.78, 5) is 10.8. The first-order valence-corrected chi connectivity index (χ1v) is 8.98. The predicted octanol–water partition coefficient (Wildman–Crippen LogP) is 2.63.